The number of amides is 1. The fourth-order valence-electron chi connectivity index (χ4n) is 2.96. The van der Waals surface area contributed by atoms with E-state index in [1.165, 1.54) is 11.3 Å². The lowest BCUT2D eigenvalue weighted by atomic mass is 10.0. The van der Waals surface area contributed by atoms with Gasteiger partial charge in [0.2, 0.25) is 0 Å². The quantitative estimate of drug-likeness (QED) is 0.470. The molecule has 0 unspecified atom stereocenters. The monoisotopic (exact) mass is 423 g/mol. The first kappa shape index (κ1) is 21.6. The Bertz CT molecular complexity index is 1010. The minimum atomic E-state index is -0.460. The predicted octanol–water partition coefficient (Wildman–Crippen LogP) is 5.73. The van der Waals surface area contributed by atoms with Gasteiger partial charge in [0.05, 0.1) is 6.61 Å². The first-order valence-corrected chi connectivity index (χ1v) is 10.7. The van der Waals surface area contributed by atoms with Gasteiger partial charge in [0.1, 0.15) is 16.3 Å². The SMILES string of the molecule is CCOC(=O)c1c(-c2ccccc2)csc1NC(=O)COc1cccc(C(C)C)c1. The average Bonchev–Trinajstić information content (AvgIpc) is 3.17. The van der Waals surface area contributed by atoms with Crippen LogP contribution in [0.1, 0.15) is 42.6 Å². The van der Waals surface area contributed by atoms with Gasteiger partial charge in [0, 0.05) is 10.9 Å². The second kappa shape index (κ2) is 10.1. The van der Waals surface area contributed by atoms with Crippen LogP contribution in [0.4, 0.5) is 5.00 Å². The molecular formula is C24H25NO4S. The molecule has 3 aromatic rings. The number of hydrogen-bond acceptors (Lipinski definition) is 5. The molecule has 2 aromatic carbocycles. The second-order valence-corrected chi connectivity index (χ2v) is 7.88. The second-order valence-electron chi connectivity index (χ2n) is 7.00. The maximum atomic E-state index is 12.6. The lowest BCUT2D eigenvalue weighted by molar-refractivity contribution is -0.118. The molecule has 0 aliphatic rings. The highest BCUT2D eigenvalue weighted by molar-refractivity contribution is 7.15. The van der Waals surface area contributed by atoms with Crippen LogP contribution in [-0.2, 0) is 9.53 Å². The molecule has 30 heavy (non-hydrogen) atoms. The molecule has 1 N–H and O–H groups in total. The standard InChI is InChI=1S/C24H25NO4S/c1-4-28-24(27)22-20(17-9-6-5-7-10-17)15-30-23(22)25-21(26)14-29-19-12-8-11-18(13-19)16(2)3/h5-13,15-16H,4,14H2,1-3H3,(H,25,26). The number of anilines is 1. The number of thiophene rings is 1. The van der Waals surface area contributed by atoms with E-state index in [0.717, 1.165) is 16.7 Å². The first-order valence-electron chi connectivity index (χ1n) is 9.86. The van der Waals surface area contributed by atoms with Gasteiger partial charge in [-0.3, -0.25) is 4.79 Å². The summed E-state index contributed by atoms with van der Waals surface area (Å²) in [7, 11) is 0. The molecule has 1 aromatic heterocycles. The van der Waals surface area contributed by atoms with Crippen molar-refractivity contribution >= 4 is 28.2 Å². The Morgan fingerprint density at radius 1 is 1.07 bits per heavy atom. The van der Waals surface area contributed by atoms with E-state index in [4.69, 9.17) is 9.47 Å². The lowest BCUT2D eigenvalue weighted by Gasteiger charge is -2.11. The zero-order valence-corrected chi connectivity index (χ0v) is 18.1. The summed E-state index contributed by atoms with van der Waals surface area (Å²) in [5.74, 6) is 0.213. The molecule has 1 heterocycles. The Morgan fingerprint density at radius 2 is 1.83 bits per heavy atom. The Kier molecular flexibility index (Phi) is 7.25. The van der Waals surface area contributed by atoms with Crippen molar-refractivity contribution in [3.05, 3.63) is 71.1 Å². The van der Waals surface area contributed by atoms with Crippen LogP contribution < -0.4 is 10.1 Å². The van der Waals surface area contributed by atoms with Gasteiger partial charge in [-0.2, -0.15) is 0 Å². The van der Waals surface area contributed by atoms with E-state index in [9.17, 15) is 9.59 Å². The number of carbonyl (C=O) groups is 2. The highest BCUT2D eigenvalue weighted by Gasteiger charge is 2.22. The van der Waals surface area contributed by atoms with E-state index in [-0.39, 0.29) is 19.1 Å². The van der Waals surface area contributed by atoms with Gasteiger partial charge in [-0.1, -0.05) is 56.3 Å². The smallest absolute Gasteiger partial charge is 0.341 e. The van der Waals surface area contributed by atoms with Crippen molar-refractivity contribution < 1.29 is 19.1 Å². The molecule has 6 heteroatoms. The molecule has 3 rings (SSSR count). The Balaban J connectivity index is 1.75. The summed E-state index contributed by atoms with van der Waals surface area (Å²) >= 11 is 1.29. The van der Waals surface area contributed by atoms with Crippen molar-refractivity contribution in [2.75, 3.05) is 18.5 Å². The van der Waals surface area contributed by atoms with Gasteiger partial charge in [-0.25, -0.2) is 4.79 Å². The topological polar surface area (TPSA) is 64.6 Å². The van der Waals surface area contributed by atoms with Crippen LogP contribution in [0.3, 0.4) is 0 Å². The average molecular weight is 424 g/mol. The fourth-order valence-corrected chi connectivity index (χ4v) is 3.93. The van der Waals surface area contributed by atoms with Crippen LogP contribution in [0.5, 0.6) is 5.75 Å². The summed E-state index contributed by atoms with van der Waals surface area (Å²) in [6, 6.07) is 17.2. The molecule has 0 spiro atoms. The maximum Gasteiger partial charge on any atom is 0.341 e. The first-order chi connectivity index (χ1) is 14.5. The summed E-state index contributed by atoms with van der Waals surface area (Å²) < 4.78 is 10.9. The third kappa shape index (κ3) is 5.27. The van der Waals surface area contributed by atoms with Crippen molar-refractivity contribution in [2.45, 2.75) is 26.7 Å². The molecule has 0 aliphatic carbocycles. The Morgan fingerprint density at radius 3 is 2.53 bits per heavy atom. The summed E-state index contributed by atoms with van der Waals surface area (Å²) in [4.78, 5) is 25.1. The van der Waals surface area contributed by atoms with E-state index >= 15 is 0 Å². The molecule has 0 bridgehead atoms. The van der Waals surface area contributed by atoms with Crippen molar-refractivity contribution in [3.63, 3.8) is 0 Å². The van der Waals surface area contributed by atoms with E-state index in [1.807, 2.05) is 60.0 Å². The normalized spacial score (nSPS) is 10.7. The molecule has 156 valence electrons. The Hall–Kier alpha value is -3.12. The maximum absolute atomic E-state index is 12.6. The van der Waals surface area contributed by atoms with E-state index in [0.29, 0.717) is 22.2 Å². The number of ether oxygens (including phenoxy) is 2. The number of esters is 1. The predicted molar refractivity (Wildman–Crippen MR) is 120 cm³/mol. The van der Waals surface area contributed by atoms with Gasteiger partial charge in [-0.15, -0.1) is 11.3 Å². The third-order valence-corrected chi connectivity index (χ3v) is 5.40. The molecule has 1 amide bonds. The highest BCUT2D eigenvalue weighted by atomic mass is 32.1. The molecule has 0 aliphatic heterocycles. The van der Waals surface area contributed by atoms with Crippen molar-refractivity contribution in [3.8, 4) is 16.9 Å². The summed E-state index contributed by atoms with van der Waals surface area (Å²) in [5, 5.41) is 5.11. The van der Waals surface area contributed by atoms with Crippen LogP contribution in [0, 0.1) is 0 Å². The molecule has 0 radical (unpaired) electrons. The lowest BCUT2D eigenvalue weighted by Crippen LogP contribution is -2.21. The van der Waals surface area contributed by atoms with Gasteiger partial charge in [0.25, 0.3) is 5.91 Å². The number of hydrogen-bond donors (Lipinski definition) is 1. The largest absolute Gasteiger partial charge is 0.484 e. The van der Waals surface area contributed by atoms with Crippen LogP contribution >= 0.6 is 11.3 Å². The van der Waals surface area contributed by atoms with Gasteiger partial charge in [-0.05, 0) is 36.1 Å². The number of nitrogens with one attached hydrogen (secondary N) is 1. The Labute approximate surface area is 180 Å². The molecule has 0 saturated heterocycles. The molecular weight excluding hydrogens is 398 g/mol. The molecule has 0 saturated carbocycles. The minimum absolute atomic E-state index is 0.150. The zero-order valence-electron chi connectivity index (χ0n) is 17.3. The van der Waals surface area contributed by atoms with Crippen LogP contribution in [0.15, 0.2) is 60.0 Å². The van der Waals surface area contributed by atoms with Crippen molar-refractivity contribution in [1.29, 1.82) is 0 Å². The van der Waals surface area contributed by atoms with Gasteiger partial charge < -0.3 is 14.8 Å². The molecule has 5 nitrogen and oxygen atoms in total. The number of carbonyl (C=O) groups excluding carboxylic acids is 2. The molecule has 0 atom stereocenters. The summed E-state index contributed by atoms with van der Waals surface area (Å²) in [6.45, 7) is 6.06. The van der Waals surface area contributed by atoms with E-state index in [1.54, 1.807) is 6.92 Å². The van der Waals surface area contributed by atoms with Crippen molar-refractivity contribution in [1.82, 2.24) is 0 Å². The molecule has 0 fully saturated rings. The van der Waals surface area contributed by atoms with Gasteiger partial charge >= 0.3 is 5.97 Å². The van der Waals surface area contributed by atoms with Crippen LogP contribution in [0.2, 0.25) is 0 Å². The van der Waals surface area contributed by atoms with Crippen LogP contribution in [0.25, 0.3) is 11.1 Å². The van der Waals surface area contributed by atoms with Crippen LogP contribution in [-0.4, -0.2) is 25.1 Å². The summed E-state index contributed by atoms with van der Waals surface area (Å²) in [6.07, 6.45) is 0. The van der Waals surface area contributed by atoms with E-state index in [2.05, 4.69) is 19.2 Å². The summed E-state index contributed by atoms with van der Waals surface area (Å²) in [5.41, 5.74) is 3.13. The highest BCUT2D eigenvalue weighted by Crippen LogP contribution is 2.36. The fraction of sp³-hybridized carbons (Fsp3) is 0.250. The van der Waals surface area contributed by atoms with Crippen molar-refractivity contribution in [2.24, 2.45) is 0 Å². The number of benzene rings is 2. The van der Waals surface area contributed by atoms with Gasteiger partial charge in [0.15, 0.2) is 6.61 Å². The third-order valence-electron chi connectivity index (χ3n) is 4.50. The minimum Gasteiger partial charge on any atom is -0.484 e. The zero-order chi connectivity index (χ0) is 21.5. The van der Waals surface area contributed by atoms with E-state index < -0.39 is 5.97 Å². The number of rotatable bonds is 8.